The number of hydrogen-bond donors (Lipinski definition) is 2. The second kappa shape index (κ2) is 4.92. The molecular weight excluding hydrogens is 220 g/mol. The van der Waals surface area contributed by atoms with Gasteiger partial charge < -0.3 is 11.1 Å². The number of hydrogen-bond acceptors (Lipinski definition) is 3. The van der Waals surface area contributed by atoms with Crippen LogP contribution in [0.3, 0.4) is 0 Å². The van der Waals surface area contributed by atoms with Crippen molar-refractivity contribution in [2.24, 2.45) is 5.73 Å². The van der Waals surface area contributed by atoms with Gasteiger partial charge in [-0.15, -0.1) is 11.3 Å². The van der Waals surface area contributed by atoms with Crippen LogP contribution in [0.2, 0.25) is 0 Å². The Hall–Kier alpha value is -1.65. The summed E-state index contributed by atoms with van der Waals surface area (Å²) in [6.45, 7) is -0.00122. The molecular formula is C12H12N2OS. The summed E-state index contributed by atoms with van der Waals surface area (Å²) in [5.41, 5.74) is 7.11. The van der Waals surface area contributed by atoms with Crippen molar-refractivity contribution in [2.75, 3.05) is 11.9 Å². The van der Waals surface area contributed by atoms with Crippen LogP contribution in [0.4, 0.5) is 5.69 Å². The molecule has 0 fully saturated rings. The molecule has 1 aromatic heterocycles. The highest BCUT2D eigenvalue weighted by Crippen LogP contribution is 2.31. The van der Waals surface area contributed by atoms with E-state index in [1.807, 2.05) is 41.8 Å². The summed E-state index contributed by atoms with van der Waals surface area (Å²) in [7, 11) is 0. The Kier molecular flexibility index (Phi) is 3.34. The van der Waals surface area contributed by atoms with Crippen LogP contribution < -0.4 is 11.1 Å². The molecule has 82 valence electrons. The quantitative estimate of drug-likeness (QED) is 0.853. The van der Waals surface area contributed by atoms with Gasteiger partial charge in [0.05, 0.1) is 6.54 Å². The molecule has 0 saturated carbocycles. The van der Waals surface area contributed by atoms with Crippen molar-refractivity contribution in [1.82, 2.24) is 0 Å². The minimum Gasteiger partial charge on any atom is -0.324 e. The molecule has 3 N–H and O–H groups in total. The summed E-state index contributed by atoms with van der Waals surface area (Å²) >= 11 is 1.64. The molecule has 0 bridgehead atoms. The number of rotatable bonds is 3. The summed E-state index contributed by atoms with van der Waals surface area (Å²) in [6.07, 6.45) is 0. The first-order valence-corrected chi connectivity index (χ1v) is 5.82. The van der Waals surface area contributed by atoms with Crippen molar-refractivity contribution >= 4 is 22.9 Å². The van der Waals surface area contributed by atoms with E-state index in [0.717, 1.165) is 16.1 Å². The van der Waals surface area contributed by atoms with E-state index in [-0.39, 0.29) is 12.5 Å². The number of para-hydroxylation sites is 1. The molecule has 3 nitrogen and oxygen atoms in total. The normalized spacial score (nSPS) is 10.1. The lowest BCUT2D eigenvalue weighted by Crippen LogP contribution is -2.22. The Bertz CT molecular complexity index is 480. The summed E-state index contributed by atoms with van der Waals surface area (Å²) in [5, 5.41) is 4.80. The molecule has 2 aromatic rings. The van der Waals surface area contributed by atoms with Gasteiger partial charge in [-0.2, -0.15) is 0 Å². The van der Waals surface area contributed by atoms with Crippen molar-refractivity contribution in [2.45, 2.75) is 0 Å². The molecule has 16 heavy (non-hydrogen) atoms. The fourth-order valence-electron chi connectivity index (χ4n) is 1.44. The monoisotopic (exact) mass is 232 g/mol. The predicted molar refractivity (Wildman–Crippen MR) is 67.4 cm³/mol. The number of carbonyl (C=O) groups is 1. The van der Waals surface area contributed by atoms with Crippen LogP contribution >= 0.6 is 11.3 Å². The van der Waals surface area contributed by atoms with Gasteiger partial charge in [-0.1, -0.05) is 24.3 Å². The fourth-order valence-corrected chi connectivity index (χ4v) is 2.21. The van der Waals surface area contributed by atoms with Crippen LogP contribution in [0.1, 0.15) is 0 Å². The molecule has 0 aliphatic rings. The van der Waals surface area contributed by atoms with Gasteiger partial charge >= 0.3 is 0 Å². The van der Waals surface area contributed by atoms with Gasteiger partial charge in [-0.25, -0.2) is 0 Å². The molecule has 0 spiro atoms. The largest absolute Gasteiger partial charge is 0.324 e. The molecule has 0 atom stereocenters. The van der Waals surface area contributed by atoms with Crippen molar-refractivity contribution in [1.29, 1.82) is 0 Å². The fraction of sp³-hybridized carbons (Fsp3) is 0.0833. The van der Waals surface area contributed by atoms with E-state index in [4.69, 9.17) is 5.73 Å². The standard InChI is InChI=1S/C12H12N2OS/c13-8-12(15)14-10-5-2-1-4-9(10)11-6-3-7-16-11/h1-7H,8,13H2,(H,14,15). The number of benzene rings is 1. The van der Waals surface area contributed by atoms with E-state index in [2.05, 4.69) is 5.32 Å². The number of nitrogens with two attached hydrogens (primary N) is 1. The van der Waals surface area contributed by atoms with Crippen LogP contribution in [0, 0.1) is 0 Å². The van der Waals surface area contributed by atoms with E-state index in [1.165, 1.54) is 0 Å². The number of thiophene rings is 1. The summed E-state index contributed by atoms with van der Waals surface area (Å²) in [6, 6.07) is 11.7. The van der Waals surface area contributed by atoms with E-state index in [0.29, 0.717) is 0 Å². The topological polar surface area (TPSA) is 55.1 Å². The van der Waals surface area contributed by atoms with Gasteiger partial charge in [0.2, 0.25) is 5.91 Å². The lowest BCUT2D eigenvalue weighted by Gasteiger charge is -2.08. The highest BCUT2D eigenvalue weighted by molar-refractivity contribution is 7.13. The van der Waals surface area contributed by atoms with Gasteiger partial charge in [0.1, 0.15) is 0 Å². The van der Waals surface area contributed by atoms with Crippen molar-refractivity contribution in [3.05, 3.63) is 41.8 Å². The Labute approximate surface area is 97.9 Å². The molecule has 0 aliphatic carbocycles. The minimum absolute atomic E-state index is 0.00122. The molecule has 2 rings (SSSR count). The van der Waals surface area contributed by atoms with Crippen LogP contribution in [-0.2, 0) is 4.79 Å². The van der Waals surface area contributed by atoms with E-state index in [9.17, 15) is 4.79 Å². The first-order valence-electron chi connectivity index (χ1n) is 4.94. The number of anilines is 1. The maximum absolute atomic E-state index is 11.3. The smallest absolute Gasteiger partial charge is 0.238 e. The van der Waals surface area contributed by atoms with Crippen molar-refractivity contribution in [3.63, 3.8) is 0 Å². The number of carbonyl (C=O) groups excluding carboxylic acids is 1. The predicted octanol–water partition coefficient (Wildman–Crippen LogP) is 2.31. The molecule has 0 saturated heterocycles. The molecule has 1 heterocycles. The third-order valence-electron chi connectivity index (χ3n) is 2.17. The van der Waals surface area contributed by atoms with E-state index >= 15 is 0 Å². The van der Waals surface area contributed by atoms with Crippen LogP contribution in [0.5, 0.6) is 0 Å². The van der Waals surface area contributed by atoms with Crippen LogP contribution in [0.15, 0.2) is 41.8 Å². The Balaban J connectivity index is 2.35. The Morgan fingerprint density at radius 3 is 2.75 bits per heavy atom. The molecule has 1 aromatic carbocycles. The van der Waals surface area contributed by atoms with E-state index in [1.54, 1.807) is 11.3 Å². The maximum Gasteiger partial charge on any atom is 0.238 e. The SMILES string of the molecule is NCC(=O)Nc1ccccc1-c1cccs1. The molecule has 1 amide bonds. The third-order valence-corrected chi connectivity index (χ3v) is 3.08. The Morgan fingerprint density at radius 1 is 1.25 bits per heavy atom. The zero-order valence-electron chi connectivity index (χ0n) is 8.64. The lowest BCUT2D eigenvalue weighted by atomic mass is 10.1. The number of nitrogens with one attached hydrogen (secondary N) is 1. The van der Waals surface area contributed by atoms with Gasteiger partial charge in [0.15, 0.2) is 0 Å². The van der Waals surface area contributed by atoms with Crippen molar-refractivity contribution in [3.8, 4) is 10.4 Å². The highest BCUT2D eigenvalue weighted by atomic mass is 32.1. The second-order valence-electron chi connectivity index (χ2n) is 3.28. The first kappa shape index (κ1) is 10.9. The average Bonchev–Trinajstić information content (AvgIpc) is 2.83. The first-order chi connectivity index (χ1) is 7.81. The molecule has 4 heteroatoms. The summed E-state index contributed by atoms with van der Waals surface area (Å²) < 4.78 is 0. The van der Waals surface area contributed by atoms with Gasteiger partial charge in [0.25, 0.3) is 0 Å². The zero-order chi connectivity index (χ0) is 11.4. The highest BCUT2D eigenvalue weighted by Gasteiger charge is 2.07. The third kappa shape index (κ3) is 2.29. The lowest BCUT2D eigenvalue weighted by molar-refractivity contribution is -0.114. The second-order valence-corrected chi connectivity index (χ2v) is 4.22. The summed E-state index contributed by atoms with van der Waals surface area (Å²) in [5.74, 6) is -0.177. The number of amides is 1. The van der Waals surface area contributed by atoms with Gasteiger partial charge in [0, 0.05) is 16.1 Å². The van der Waals surface area contributed by atoms with Gasteiger partial charge in [-0.05, 0) is 17.5 Å². The molecule has 0 radical (unpaired) electrons. The molecule has 0 unspecified atom stereocenters. The zero-order valence-corrected chi connectivity index (χ0v) is 9.46. The van der Waals surface area contributed by atoms with Crippen LogP contribution in [-0.4, -0.2) is 12.5 Å². The minimum atomic E-state index is -0.177. The van der Waals surface area contributed by atoms with Crippen molar-refractivity contribution < 1.29 is 4.79 Å². The summed E-state index contributed by atoms with van der Waals surface area (Å²) in [4.78, 5) is 12.4. The Morgan fingerprint density at radius 2 is 2.06 bits per heavy atom. The molecule has 0 aliphatic heterocycles. The maximum atomic E-state index is 11.3. The average molecular weight is 232 g/mol. The van der Waals surface area contributed by atoms with Crippen LogP contribution in [0.25, 0.3) is 10.4 Å². The van der Waals surface area contributed by atoms with Gasteiger partial charge in [-0.3, -0.25) is 4.79 Å². The van der Waals surface area contributed by atoms with E-state index < -0.39 is 0 Å².